The third-order valence-electron chi connectivity index (χ3n) is 4.26. The van der Waals surface area contributed by atoms with Crippen LogP contribution in [0.4, 0.5) is 0 Å². The summed E-state index contributed by atoms with van der Waals surface area (Å²) in [5.41, 5.74) is 7.55. The molecule has 0 spiro atoms. The molecule has 0 aromatic heterocycles. The summed E-state index contributed by atoms with van der Waals surface area (Å²) in [6.45, 7) is 1.13. The van der Waals surface area contributed by atoms with Gasteiger partial charge in [-0.1, -0.05) is 29.6 Å². The minimum Gasteiger partial charge on any atom is -0.326 e. The molecule has 1 aromatic carbocycles. The van der Waals surface area contributed by atoms with Crippen LogP contribution >= 0.6 is 23.2 Å². The fourth-order valence-corrected chi connectivity index (χ4v) is 3.59. The summed E-state index contributed by atoms with van der Waals surface area (Å²) in [5.74, 6) is 0. The van der Waals surface area contributed by atoms with Gasteiger partial charge in [0, 0.05) is 22.1 Å². The van der Waals surface area contributed by atoms with Gasteiger partial charge in [0.2, 0.25) is 0 Å². The highest BCUT2D eigenvalue weighted by atomic mass is 35.5. The Morgan fingerprint density at radius 1 is 1.11 bits per heavy atom. The predicted molar refractivity (Wildman–Crippen MR) is 80.8 cm³/mol. The van der Waals surface area contributed by atoms with Gasteiger partial charge >= 0.3 is 0 Å². The largest absolute Gasteiger partial charge is 0.326 e. The SMILES string of the molecule is NC1CCCCN(C2CC2)C1c1cc(Cl)ccc1Cl. The number of rotatable bonds is 2. The fraction of sp³-hybridized carbons (Fsp3) is 0.600. The van der Waals surface area contributed by atoms with Gasteiger partial charge in [-0.15, -0.1) is 0 Å². The molecule has 1 saturated carbocycles. The van der Waals surface area contributed by atoms with Crippen LogP contribution < -0.4 is 5.73 Å². The topological polar surface area (TPSA) is 29.3 Å². The maximum absolute atomic E-state index is 6.44. The quantitative estimate of drug-likeness (QED) is 0.894. The van der Waals surface area contributed by atoms with Gasteiger partial charge in [0.15, 0.2) is 0 Å². The second kappa shape index (κ2) is 5.61. The van der Waals surface area contributed by atoms with E-state index >= 15 is 0 Å². The molecule has 2 aliphatic rings. The molecule has 2 unspecified atom stereocenters. The van der Waals surface area contributed by atoms with Crippen LogP contribution in [0.5, 0.6) is 0 Å². The summed E-state index contributed by atoms with van der Waals surface area (Å²) in [5, 5.41) is 1.53. The van der Waals surface area contributed by atoms with Crippen LogP contribution in [0.1, 0.15) is 43.7 Å². The minimum absolute atomic E-state index is 0.152. The number of nitrogens with zero attached hydrogens (tertiary/aromatic N) is 1. The zero-order valence-electron chi connectivity index (χ0n) is 11.0. The summed E-state index contributed by atoms with van der Waals surface area (Å²) in [6, 6.07) is 6.80. The van der Waals surface area contributed by atoms with Crippen LogP contribution in [0.2, 0.25) is 10.0 Å². The average molecular weight is 299 g/mol. The summed E-state index contributed by atoms with van der Waals surface area (Å²) in [6.07, 6.45) is 6.09. The fourth-order valence-electron chi connectivity index (χ4n) is 3.18. The lowest BCUT2D eigenvalue weighted by molar-refractivity contribution is 0.176. The molecule has 104 valence electrons. The molecule has 1 heterocycles. The van der Waals surface area contributed by atoms with Gasteiger partial charge in [-0.25, -0.2) is 0 Å². The van der Waals surface area contributed by atoms with Gasteiger partial charge in [0.05, 0.1) is 6.04 Å². The molecule has 1 saturated heterocycles. The number of hydrogen-bond donors (Lipinski definition) is 1. The van der Waals surface area contributed by atoms with Gasteiger partial charge in [-0.05, 0) is 56.0 Å². The smallest absolute Gasteiger partial charge is 0.0517 e. The lowest BCUT2D eigenvalue weighted by Crippen LogP contribution is -2.41. The normalized spacial score (nSPS) is 29.2. The summed E-state index contributed by atoms with van der Waals surface area (Å²) < 4.78 is 0. The lowest BCUT2D eigenvalue weighted by Gasteiger charge is -2.34. The molecule has 2 nitrogen and oxygen atoms in total. The van der Waals surface area contributed by atoms with Crippen LogP contribution in [-0.2, 0) is 0 Å². The van der Waals surface area contributed by atoms with E-state index in [-0.39, 0.29) is 12.1 Å². The molecule has 0 bridgehead atoms. The van der Waals surface area contributed by atoms with E-state index in [1.54, 1.807) is 0 Å². The maximum atomic E-state index is 6.44. The monoisotopic (exact) mass is 298 g/mol. The highest BCUT2D eigenvalue weighted by Crippen LogP contribution is 2.41. The standard InChI is InChI=1S/C15H20Cl2N2/c16-10-4-7-13(17)12(9-10)15-14(18)3-1-2-8-19(15)11-5-6-11/h4,7,9,11,14-15H,1-3,5-6,8,18H2. The van der Waals surface area contributed by atoms with Gasteiger partial charge in [-0.2, -0.15) is 0 Å². The average Bonchev–Trinajstić information content (AvgIpc) is 3.19. The zero-order chi connectivity index (χ0) is 13.4. The Balaban J connectivity index is 1.98. The first-order valence-corrected chi connectivity index (χ1v) is 7.88. The predicted octanol–water partition coefficient (Wildman–Crippen LogP) is 4.01. The van der Waals surface area contributed by atoms with Crippen molar-refractivity contribution in [3.05, 3.63) is 33.8 Å². The van der Waals surface area contributed by atoms with Crippen molar-refractivity contribution in [1.29, 1.82) is 0 Å². The summed E-state index contributed by atoms with van der Waals surface area (Å²) in [4.78, 5) is 2.56. The molecule has 19 heavy (non-hydrogen) atoms. The molecule has 3 rings (SSSR count). The van der Waals surface area contributed by atoms with Crippen LogP contribution in [0.3, 0.4) is 0 Å². The molecule has 2 atom stereocenters. The second-order valence-electron chi connectivity index (χ2n) is 5.74. The van der Waals surface area contributed by atoms with E-state index in [1.165, 1.54) is 25.7 Å². The first-order chi connectivity index (χ1) is 9.16. The highest BCUT2D eigenvalue weighted by Gasteiger charge is 2.38. The summed E-state index contributed by atoms with van der Waals surface area (Å²) in [7, 11) is 0. The Kier molecular flexibility index (Phi) is 4.04. The zero-order valence-corrected chi connectivity index (χ0v) is 12.5. The third kappa shape index (κ3) is 2.92. The Labute approximate surface area is 124 Å². The molecular weight excluding hydrogens is 279 g/mol. The van der Waals surface area contributed by atoms with Gasteiger partial charge < -0.3 is 5.73 Å². The second-order valence-corrected chi connectivity index (χ2v) is 6.58. The number of nitrogens with two attached hydrogens (primary N) is 1. The van der Waals surface area contributed by atoms with Crippen LogP contribution in [-0.4, -0.2) is 23.5 Å². The van der Waals surface area contributed by atoms with Crippen molar-refractivity contribution in [3.8, 4) is 0 Å². The first kappa shape index (κ1) is 13.7. The van der Waals surface area contributed by atoms with Crippen molar-refractivity contribution in [1.82, 2.24) is 4.90 Å². The van der Waals surface area contributed by atoms with E-state index in [4.69, 9.17) is 28.9 Å². The van der Waals surface area contributed by atoms with Crippen LogP contribution in [0, 0.1) is 0 Å². The lowest BCUT2D eigenvalue weighted by atomic mass is 9.96. The Bertz CT molecular complexity index is 459. The van der Waals surface area contributed by atoms with E-state index in [0.717, 1.165) is 28.6 Å². The van der Waals surface area contributed by atoms with E-state index in [1.807, 2.05) is 18.2 Å². The molecule has 1 aromatic rings. The number of halogens is 2. The molecule has 2 fully saturated rings. The maximum Gasteiger partial charge on any atom is 0.0517 e. The molecule has 4 heteroatoms. The van der Waals surface area contributed by atoms with Crippen molar-refractivity contribution in [2.75, 3.05) is 6.54 Å². The Hall–Kier alpha value is -0.280. The van der Waals surface area contributed by atoms with E-state index in [9.17, 15) is 0 Å². The Morgan fingerprint density at radius 2 is 1.89 bits per heavy atom. The molecule has 1 aliphatic heterocycles. The number of hydrogen-bond acceptors (Lipinski definition) is 2. The van der Waals surface area contributed by atoms with Gasteiger partial charge in [0.1, 0.15) is 0 Å². The van der Waals surface area contributed by atoms with Gasteiger partial charge in [0.25, 0.3) is 0 Å². The van der Waals surface area contributed by atoms with Crippen molar-refractivity contribution in [3.63, 3.8) is 0 Å². The summed E-state index contributed by atoms with van der Waals surface area (Å²) >= 11 is 12.5. The van der Waals surface area contributed by atoms with E-state index < -0.39 is 0 Å². The van der Waals surface area contributed by atoms with Crippen molar-refractivity contribution < 1.29 is 0 Å². The number of likely N-dealkylation sites (tertiary alicyclic amines) is 1. The van der Waals surface area contributed by atoms with Crippen molar-refractivity contribution >= 4 is 23.2 Å². The highest BCUT2D eigenvalue weighted by molar-refractivity contribution is 6.33. The van der Waals surface area contributed by atoms with E-state index in [2.05, 4.69) is 4.90 Å². The molecule has 2 N–H and O–H groups in total. The molecule has 0 radical (unpaired) electrons. The van der Waals surface area contributed by atoms with Crippen LogP contribution in [0.15, 0.2) is 18.2 Å². The Morgan fingerprint density at radius 3 is 2.63 bits per heavy atom. The number of benzene rings is 1. The molecule has 0 amide bonds. The van der Waals surface area contributed by atoms with Crippen molar-refractivity contribution in [2.24, 2.45) is 5.73 Å². The third-order valence-corrected chi connectivity index (χ3v) is 4.84. The van der Waals surface area contributed by atoms with Crippen LogP contribution in [0.25, 0.3) is 0 Å². The van der Waals surface area contributed by atoms with Gasteiger partial charge in [-0.3, -0.25) is 4.90 Å². The minimum atomic E-state index is 0.152. The molecular formula is C15H20Cl2N2. The first-order valence-electron chi connectivity index (χ1n) is 7.13. The van der Waals surface area contributed by atoms with E-state index in [0.29, 0.717) is 6.04 Å². The van der Waals surface area contributed by atoms with Crippen molar-refractivity contribution in [2.45, 2.75) is 50.2 Å². The molecule has 1 aliphatic carbocycles.